The summed E-state index contributed by atoms with van der Waals surface area (Å²) in [5.74, 6) is 0.637. The average molecular weight is 248 g/mol. The number of aryl methyl sites for hydroxylation is 1. The average Bonchev–Trinajstić information content (AvgIpc) is 2.38. The number of hydrogen-bond donors (Lipinski definition) is 1. The van der Waals surface area contributed by atoms with Gasteiger partial charge in [-0.05, 0) is 37.4 Å². The first-order chi connectivity index (χ1) is 8.52. The maximum atomic E-state index is 6.03. The van der Waals surface area contributed by atoms with Crippen molar-refractivity contribution in [2.45, 2.75) is 46.2 Å². The fourth-order valence-electron chi connectivity index (χ4n) is 2.45. The van der Waals surface area contributed by atoms with E-state index in [2.05, 4.69) is 63.9 Å². The Morgan fingerprint density at radius 1 is 1.17 bits per heavy atom. The molecule has 0 aliphatic heterocycles. The lowest BCUT2D eigenvalue weighted by Crippen LogP contribution is -2.40. The van der Waals surface area contributed by atoms with Crippen LogP contribution in [0.25, 0.3) is 0 Å². The minimum Gasteiger partial charge on any atom is -0.329 e. The third kappa shape index (κ3) is 3.33. The van der Waals surface area contributed by atoms with Crippen LogP contribution in [-0.2, 0) is 6.42 Å². The molecule has 1 aromatic carbocycles. The molecule has 2 nitrogen and oxygen atoms in total. The maximum Gasteiger partial charge on any atom is 0.0473 e. The molecule has 0 spiro atoms. The van der Waals surface area contributed by atoms with E-state index in [-0.39, 0.29) is 0 Å². The van der Waals surface area contributed by atoms with E-state index < -0.39 is 0 Å². The lowest BCUT2D eigenvalue weighted by Gasteiger charge is -2.35. The summed E-state index contributed by atoms with van der Waals surface area (Å²) in [6, 6.07) is 9.51. The zero-order chi connectivity index (χ0) is 13.7. The van der Waals surface area contributed by atoms with Crippen molar-refractivity contribution in [2.24, 2.45) is 11.7 Å². The zero-order valence-electron chi connectivity index (χ0n) is 12.5. The van der Waals surface area contributed by atoms with Gasteiger partial charge in [-0.25, -0.2) is 0 Å². The van der Waals surface area contributed by atoms with Crippen molar-refractivity contribution >= 4 is 0 Å². The van der Waals surface area contributed by atoms with Crippen molar-refractivity contribution in [1.82, 2.24) is 4.90 Å². The molecule has 2 N–H and O–H groups in total. The van der Waals surface area contributed by atoms with Crippen LogP contribution < -0.4 is 5.73 Å². The molecule has 1 rings (SSSR count). The second-order valence-electron chi connectivity index (χ2n) is 5.45. The first-order valence-corrected chi connectivity index (χ1v) is 7.02. The summed E-state index contributed by atoms with van der Waals surface area (Å²) >= 11 is 0. The van der Waals surface area contributed by atoms with Gasteiger partial charge in [0.15, 0.2) is 0 Å². The Hall–Kier alpha value is -0.860. The molecule has 0 aliphatic rings. The monoisotopic (exact) mass is 248 g/mol. The third-order valence-electron chi connectivity index (χ3n) is 4.12. The summed E-state index contributed by atoms with van der Waals surface area (Å²) in [6.07, 6.45) is 1.07. The smallest absolute Gasteiger partial charge is 0.0473 e. The van der Waals surface area contributed by atoms with Gasteiger partial charge in [0.25, 0.3) is 0 Å². The highest BCUT2D eigenvalue weighted by Gasteiger charge is 2.23. The second-order valence-corrected chi connectivity index (χ2v) is 5.45. The van der Waals surface area contributed by atoms with Gasteiger partial charge in [0.2, 0.25) is 0 Å². The molecule has 102 valence electrons. The highest BCUT2D eigenvalue weighted by Crippen LogP contribution is 2.26. The van der Waals surface area contributed by atoms with E-state index >= 15 is 0 Å². The largest absolute Gasteiger partial charge is 0.329 e. The van der Waals surface area contributed by atoms with Gasteiger partial charge in [0, 0.05) is 18.6 Å². The van der Waals surface area contributed by atoms with Crippen LogP contribution >= 0.6 is 0 Å². The molecule has 0 radical (unpaired) electrons. The van der Waals surface area contributed by atoms with Crippen molar-refractivity contribution in [1.29, 1.82) is 0 Å². The lowest BCUT2D eigenvalue weighted by molar-refractivity contribution is 0.151. The van der Waals surface area contributed by atoms with Crippen LogP contribution in [0.1, 0.15) is 44.9 Å². The van der Waals surface area contributed by atoms with Crippen LogP contribution in [0, 0.1) is 5.92 Å². The Morgan fingerprint density at radius 2 is 1.78 bits per heavy atom. The predicted octanol–water partition coefficient (Wildman–Crippen LogP) is 3.23. The Balaban J connectivity index is 3.02. The molecular weight excluding hydrogens is 220 g/mol. The minimum atomic E-state index is 0.318. The first-order valence-electron chi connectivity index (χ1n) is 7.02. The molecule has 0 aromatic heterocycles. The Kier molecular flexibility index (Phi) is 5.83. The van der Waals surface area contributed by atoms with Gasteiger partial charge in [0.1, 0.15) is 0 Å². The highest BCUT2D eigenvalue weighted by atomic mass is 15.2. The molecule has 2 unspecified atom stereocenters. The Labute approximate surface area is 112 Å². The van der Waals surface area contributed by atoms with Gasteiger partial charge in [-0.15, -0.1) is 0 Å². The fraction of sp³-hybridized carbons (Fsp3) is 0.625. The van der Waals surface area contributed by atoms with E-state index in [0.717, 1.165) is 6.42 Å². The standard InChI is InChI=1S/C16H28N2/c1-6-14-9-7-8-10-15(14)16(11-17)18(5)13(4)12(2)3/h7-10,12-13,16H,6,11,17H2,1-5H3. The zero-order valence-corrected chi connectivity index (χ0v) is 12.5. The van der Waals surface area contributed by atoms with E-state index in [0.29, 0.717) is 24.5 Å². The van der Waals surface area contributed by atoms with E-state index in [1.165, 1.54) is 11.1 Å². The topological polar surface area (TPSA) is 29.3 Å². The third-order valence-corrected chi connectivity index (χ3v) is 4.12. The number of nitrogens with two attached hydrogens (primary N) is 1. The second kappa shape index (κ2) is 6.91. The maximum absolute atomic E-state index is 6.03. The van der Waals surface area contributed by atoms with Crippen LogP contribution in [0.2, 0.25) is 0 Å². The van der Waals surface area contributed by atoms with Crippen LogP contribution in [0.4, 0.5) is 0 Å². The molecular formula is C16H28N2. The molecule has 0 heterocycles. The minimum absolute atomic E-state index is 0.318. The molecule has 0 saturated heterocycles. The molecule has 0 fully saturated rings. The van der Waals surface area contributed by atoms with Gasteiger partial charge in [-0.3, -0.25) is 4.90 Å². The Bertz CT molecular complexity index is 360. The summed E-state index contributed by atoms with van der Waals surface area (Å²) < 4.78 is 0. The van der Waals surface area contributed by atoms with Crippen LogP contribution in [-0.4, -0.2) is 24.5 Å². The van der Waals surface area contributed by atoms with Crippen molar-refractivity contribution in [3.63, 3.8) is 0 Å². The Morgan fingerprint density at radius 3 is 2.28 bits per heavy atom. The normalized spacial score (nSPS) is 15.1. The fourth-order valence-corrected chi connectivity index (χ4v) is 2.45. The van der Waals surface area contributed by atoms with Crippen LogP contribution in [0.3, 0.4) is 0 Å². The predicted molar refractivity (Wildman–Crippen MR) is 79.7 cm³/mol. The van der Waals surface area contributed by atoms with E-state index in [1.807, 2.05) is 0 Å². The molecule has 0 aliphatic carbocycles. The number of likely N-dealkylation sites (N-methyl/N-ethyl adjacent to an activating group) is 1. The highest BCUT2D eigenvalue weighted by molar-refractivity contribution is 5.30. The van der Waals surface area contributed by atoms with Gasteiger partial charge >= 0.3 is 0 Å². The summed E-state index contributed by atoms with van der Waals surface area (Å²) in [7, 11) is 2.19. The van der Waals surface area contributed by atoms with Crippen molar-refractivity contribution in [3.8, 4) is 0 Å². The summed E-state index contributed by atoms with van der Waals surface area (Å²) in [5.41, 5.74) is 8.82. The number of benzene rings is 1. The van der Waals surface area contributed by atoms with Crippen LogP contribution in [0.5, 0.6) is 0 Å². The SMILES string of the molecule is CCc1ccccc1C(CN)N(C)C(C)C(C)C. The van der Waals surface area contributed by atoms with Crippen molar-refractivity contribution in [3.05, 3.63) is 35.4 Å². The molecule has 2 atom stereocenters. The number of rotatable bonds is 6. The summed E-state index contributed by atoms with van der Waals surface area (Å²) in [5, 5.41) is 0. The van der Waals surface area contributed by atoms with Crippen molar-refractivity contribution in [2.75, 3.05) is 13.6 Å². The molecule has 18 heavy (non-hydrogen) atoms. The van der Waals surface area contributed by atoms with Gasteiger partial charge < -0.3 is 5.73 Å². The molecule has 0 amide bonds. The first kappa shape index (κ1) is 15.2. The molecule has 0 saturated carbocycles. The van der Waals surface area contributed by atoms with E-state index in [4.69, 9.17) is 5.73 Å². The van der Waals surface area contributed by atoms with E-state index in [1.54, 1.807) is 0 Å². The van der Waals surface area contributed by atoms with Gasteiger partial charge in [-0.1, -0.05) is 45.0 Å². The molecule has 2 heteroatoms. The van der Waals surface area contributed by atoms with Gasteiger partial charge in [0.05, 0.1) is 0 Å². The molecule has 1 aromatic rings. The lowest BCUT2D eigenvalue weighted by atomic mass is 9.95. The van der Waals surface area contributed by atoms with Gasteiger partial charge in [-0.2, -0.15) is 0 Å². The quantitative estimate of drug-likeness (QED) is 0.837. The number of nitrogens with zero attached hydrogens (tertiary/aromatic N) is 1. The summed E-state index contributed by atoms with van der Waals surface area (Å²) in [6.45, 7) is 9.69. The van der Waals surface area contributed by atoms with Crippen LogP contribution in [0.15, 0.2) is 24.3 Å². The molecule has 0 bridgehead atoms. The summed E-state index contributed by atoms with van der Waals surface area (Å²) in [4.78, 5) is 2.42. The van der Waals surface area contributed by atoms with Crippen molar-refractivity contribution < 1.29 is 0 Å². The number of hydrogen-bond acceptors (Lipinski definition) is 2. The van der Waals surface area contributed by atoms with E-state index in [9.17, 15) is 0 Å².